The van der Waals surface area contributed by atoms with Crippen LogP contribution in [0.4, 0.5) is 4.39 Å². The highest BCUT2D eigenvalue weighted by molar-refractivity contribution is 6.30. The summed E-state index contributed by atoms with van der Waals surface area (Å²) in [6.45, 7) is -0.00221. The van der Waals surface area contributed by atoms with Crippen LogP contribution in [0.2, 0.25) is 5.02 Å². The van der Waals surface area contributed by atoms with Crippen LogP contribution in [0, 0.1) is 5.82 Å². The Morgan fingerprint density at radius 1 is 1.40 bits per heavy atom. The fourth-order valence-corrected chi connectivity index (χ4v) is 1.96. The lowest BCUT2D eigenvalue weighted by Crippen LogP contribution is -2.30. The Bertz CT molecular complexity index is 728. The highest BCUT2D eigenvalue weighted by atomic mass is 35.5. The molecule has 20 heavy (non-hydrogen) atoms. The summed E-state index contributed by atoms with van der Waals surface area (Å²) in [6.07, 6.45) is 1.48. The average molecular weight is 296 g/mol. The van der Waals surface area contributed by atoms with Crippen LogP contribution in [-0.2, 0) is 6.54 Å². The highest BCUT2D eigenvalue weighted by Crippen LogP contribution is 2.18. The molecule has 0 radical (unpaired) electrons. The van der Waals surface area contributed by atoms with Gasteiger partial charge >= 0.3 is 0 Å². The van der Waals surface area contributed by atoms with Gasteiger partial charge in [-0.1, -0.05) is 28.9 Å². The molecule has 0 aliphatic heterocycles. The number of nitrogens with two attached hydrogens (primary N) is 1. The second-order valence-electron chi connectivity index (χ2n) is 4.05. The molecule has 2 rings (SSSR count). The van der Waals surface area contributed by atoms with Crippen molar-refractivity contribution < 1.29 is 9.60 Å². The third kappa shape index (κ3) is 2.65. The van der Waals surface area contributed by atoms with Gasteiger partial charge in [0, 0.05) is 11.8 Å². The summed E-state index contributed by atoms with van der Waals surface area (Å²) < 4.78 is 15.1. The van der Waals surface area contributed by atoms with E-state index in [-0.39, 0.29) is 28.5 Å². The molecule has 1 aromatic carbocycles. The normalized spacial score (nSPS) is 11.6. The van der Waals surface area contributed by atoms with Crippen molar-refractivity contribution in [3.05, 3.63) is 68.8 Å². The number of hydrogen-bond acceptors (Lipinski definition) is 3. The van der Waals surface area contributed by atoms with Crippen LogP contribution in [-0.4, -0.2) is 15.6 Å². The Hall–Kier alpha value is -2.34. The fourth-order valence-electron chi connectivity index (χ4n) is 1.76. The molecule has 0 bridgehead atoms. The fraction of sp³-hybridized carbons (Fsp3) is 0.0769. The molecular formula is C13H11ClFN3O2. The molecule has 0 atom stereocenters. The number of rotatable bonds is 3. The molecule has 0 aliphatic carbocycles. The molecule has 0 unspecified atom stereocenters. The molecule has 3 N–H and O–H groups in total. The van der Waals surface area contributed by atoms with Gasteiger partial charge in [0.2, 0.25) is 0 Å². The second-order valence-corrected chi connectivity index (χ2v) is 4.46. The van der Waals surface area contributed by atoms with Crippen LogP contribution < -0.4 is 11.3 Å². The third-order valence-electron chi connectivity index (χ3n) is 2.78. The first-order valence-corrected chi connectivity index (χ1v) is 6.02. The van der Waals surface area contributed by atoms with E-state index >= 15 is 0 Å². The standard InChI is InChI=1S/C13H11ClFN3O2/c14-10-5-1-3-8(11(10)15)7-18-6-2-4-9(13(18)19)12(16)17-20/h1-6,20H,7H2,(H2,16,17). The molecular weight excluding hydrogens is 285 g/mol. The van der Waals surface area contributed by atoms with Gasteiger partial charge in [0.05, 0.1) is 17.1 Å². The Morgan fingerprint density at radius 2 is 2.15 bits per heavy atom. The van der Waals surface area contributed by atoms with Crippen molar-refractivity contribution in [1.29, 1.82) is 0 Å². The lowest BCUT2D eigenvalue weighted by Gasteiger charge is -2.09. The van der Waals surface area contributed by atoms with Gasteiger partial charge in [-0.25, -0.2) is 4.39 Å². The van der Waals surface area contributed by atoms with Crippen molar-refractivity contribution in [1.82, 2.24) is 4.57 Å². The lowest BCUT2D eigenvalue weighted by atomic mass is 10.2. The van der Waals surface area contributed by atoms with E-state index < -0.39 is 11.4 Å². The number of halogens is 2. The number of amidine groups is 1. The van der Waals surface area contributed by atoms with Crippen LogP contribution in [0.1, 0.15) is 11.1 Å². The quantitative estimate of drug-likeness (QED) is 0.392. The number of aromatic nitrogens is 1. The molecule has 0 aliphatic rings. The lowest BCUT2D eigenvalue weighted by molar-refractivity contribution is 0.318. The minimum absolute atomic E-state index is 0.00221. The molecule has 1 heterocycles. The number of benzene rings is 1. The Morgan fingerprint density at radius 3 is 2.85 bits per heavy atom. The molecule has 0 saturated heterocycles. The first-order chi connectivity index (χ1) is 9.54. The molecule has 1 aromatic heterocycles. The summed E-state index contributed by atoms with van der Waals surface area (Å²) in [5.74, 6) is -0.869. The largest absolute Gasteiger partial charge is 0.409 e. The number of oxime groups is 1. The molecule has 7 heteroatoms. The van der Waals surface area contributed by atoms with Crippen LogP contribution >= 0.6 is 11.6 Å². The van der Waals surface area contributed by atoms with Crippen molar-refractivity contribution in [3.63, 3.8) is 0 Å². The van der Waals surface area contributed by atoms with E-state index in [1.807, 2.05) is 0 Å². The van der Waals surface area contributed by atoms with Gasteiger partial charge in [-0.05, 0) is 18.2 Å². The van der Waals surface area contributed by atoms with E-state index in [4.69, 9.17) is 22.5 Å². The number of nitrogens with zero attached hydrogens (tertiary/aromatic N) is 2. The van der Waals surface area contributed by atoms with E-state index in [9.17, 15) is 9.18 Å². The smallest absolute Gasteiger partial charge is 0.261 e. The minimum Gasteiger partial charge on any atom is -0.409 e. The van der Waals surface area contributed by atoms with Crippen molar-refractivity contribution in [2.24, 2.45) is 10.9 Å². The van der Waals surface area contributed by atoms with Crippen LogP contribution in [0.25, 0.3) is 0 Å². The highest BCUT2D eigenvalue weighted by Gasteiger charge is 2.11. The van der Waals surface area contributed by atoms with E-state index in [0.717, 1.165) is 0 Å². The second kappa shape index (κ2) is 5.75. The van der Waals surface area contributed by atoms with Gasteiger partial charge in [-0.15, -0.1) is 0 Å². The molecule has 104 valence electrons. The summed E-state index contributed by atoms with van der Waals surface area (Å²) in [5, 5.41) is 11.4. The van der Waals surface area contributed by atoms with E-state index in [0.29, 0.717) is 0 Å². The van der Waals surface area contributed by atoms with E-state index in [1.54, 1.807) is 12.1 Å². The summed E-state index contributed by atoms with van der Waals surface area (Å²) in [4.78, 5) is 12.1. The summed E-state index contributed by atoms with van der Waals surface area (Å²) in [7, 11) is 0. The summed E-state index contributed by atoms with van der Waals surface area (Å²) >= 11 is 5.69. The molecule has 2 aromatic rings. The van der Waals surface area contributed by atoms with Crippen molar-refractivity contribution in [2.45, 2.75) is 6.54 Å². The number of hydrogen-bond donors (Lipinski definition) is 2. The molecule has 5 nitrogen and oxygen atoms in total. The Labute approximate surface area is 118 Å². The molecule has 0 amide bonds. The summed E-state index contributed by atoms with van der Waals surface area (Å²) in [6, 6.07) is 7.53. The monoisotopic (exact) mass is 295 g/mol. The Kier molecular flexibility index (Phi) is 4.05. The predicted octanol–water partition coefficient (Wildman–Crippen LogP) is 1.78. The number of pyridine rings is 1. The molecule has 0 spiro atoms. The maximum atomic E-state index is 13.8. The zero-order chi connectivity index (χ0) is 14.7. The van der Waals surface area contributed by atoms with Gasteiger partial charge < -0.3 is 15.5 Å². The van der Waals surface area contributed by atoms with Gasteiger partial charge in [0.1, 0.15) is 5.82 Å². The van der Waals surface area contributed by atoms with Crippen LogP contribution in [0.15, 0.2) is 46.5 Å². The van der Waals surface area contributed by atoms with Crippen LogP contribution in [0.5, 0.6) is 0 Å². The van der Waals surface area contributed by atoms with Gasteiger partial charge in [-0.3, -0.25) is 4.79 Å². The van der Waals surface area contributed by atoms with Crippen molar-refractivity contribution >= 4 is 17.4 Å². The SMILES string of the molecule is N/C(=N/O)c1cccn(Cc2cccc(Cl)c2F)c1=O. The van der Waals surface area contributed by atoms with Gasteiger partial charge in [0.25, 0.3) is 5.56 Å². The maximum Gasteiger partial charge on any atom is 0.261 e. The molecule has 0 fully saturated rings. The first-order valence-electron chi connectivity index (χ1n) is 5.65. The van der Waals surface area contributed by atoms with Crippen molar-refractivity contribution in [3.8, 4) is 0 Å². The zero-order valence-electron chi connectivity index (χ0n) is 10.3. The zero-order valence-corrected chi connectivity index (χ0v) is 11.0. The van der Waals surface area contributed by atoms with E-state index in [2.05, 4.69) is 5.16 Å². The Balaban J connectivity index is 2.45. The first kappa shape index (κ1) is 14.1. The van der Waals surface area contributed by atoms with Crippen molar-refractivity contribution in [2.75, 3.05) is 0 Å². The van der Waals surface area contributed by atoms with Gasteiger partial charge in [0.15, 0.2) is 5.84 Å². The third-order valence-corrected chi connectivity index (χ3v) is 3.07. The predicted molar refractivity (Wildman–Crippen MR) is 73.7 cm³/mol. The maximum absolute atomic E-state index is 13.8. The summed E-state index contributed by atoms with van der Waals surface area (Å²) in [5.41, 5.74) is 5.23. The van der Waals surface area contributed by atoms with Crippen LogP contribution in [0.3, 0.4) is 0 Å². The molecule has 0 saturated carbocycles. The topological polar surface area (TPSA) is 80.6 Å². The van der Waals surface area contributed by atoms with Gasteiger partial charge in [-0.2, -0.15) is 0 Å². The minimum atomic E-state index is -0.574. The average Bonchev–Trinajstić information content (AvgIpc) is 2.45. The van der Waals surface area contributed by atoms with E-state index in [1.165, 1.54) is 29.0 Å².